The van der Waals surface area contributed by atoms with Gasteiger partial charge in [0, 0.05) is 11.4 Å². The van der Waals surface area contributed by atoms with E-state index < -0.39 is 11.8 Å². The minimum Gasteiger partial charge on any atom is -0.484 e. The van der Waals surface area contributed by atoms with Crippen LogP contribution in [0.3, 0.4) is 0 Å². The molecule has 3 rings (SSSR count). The number of carbonyl (C=O) groups is 3. The normalized spacial score (nSPS) is 10.5. The number of benzene rings is 3. The van der Waals surface area contributed by atoms with Gasteiger partial charge in [0.25, 0.3) is 5.91 Å². The van der Waals surface area contributed by atoms with Crippen molar-refractivity contribution < 1.29 is 19.1 Å². The maximum atomic E-state index is 12.1. The van der Waals surface area contributed by atoms with E-state index in [1.165, 1.54) is 6.21 Å². The number of amides is 3. The quantitative estimate of drug-likeness (QED) is 0.281. The molecule has 8 heteroatoms. The zero-order valence-electron chi connectivity index (χ0n) is 18.1. The van der Waals surface area contributed by atoms with Gasteiger partial charge in [-0.15, -0.1) is 0 Å². The van der Waals surface area contributed by atoms with E-state index in [9.17, 15) is 14.4 Å². The molecule has 168 valence electrons. The summed E-state index contributed by atoms with van der Waals surface area (Å²) in [6.07, 6.45) is 2.10. The van der Waals surface area contributed by atoms with Crippen molar-refractivity contribution >= 4 is 35.3 Å². The lowest BCUT2D eigenvalue weighted by Gasteiger charge is -2.08. The van der Waals surface area contributed by atoms with Gasteiger partial charge in [0.15, 0.2) is 6.61 Å². The van der Waals surface area contributed by atoms with Crippen LogP contribution in [0.1, 0.15) is 18.1 Å². The summed E-state index contributed by atoms with van der Waals surface area (Å²) in [5, 5.41) is 9.13. The number of carbonyl (C=O) groups excluding carboxylic acids is 3. The number of anilines is 2. The Labute approximate surface area is 191 Å². The third kappa shape index (κ3) is 7.32. The number of ether oxygens (including phenoxy) is 1. The topological polar surface area (TPSA) is 109 Å². The Morgan fingerprint density at radius 3 is 2.42 bits per heavy atom. The predicted octanol–water partition coefficient (Wildman–Crippen LogP) is 3.36. The first kappa shape index (κ1) is 23.2. The maximum Gasteiger partial charge on any atom is 0.329 e. The van der Waals surface area contributed by atoms with Gasteiger partial charge in [-0.2, -0.15) is 5.10 Å². The molecule has 33 heavy (non-hydrogen) atoms. The zero-order valence-corrected chi connectivity index (χ0v) is 18.1. The molecule has 3 aromatic rings. The van der Waals surface area contributed by atoms with E-state index in [1.54, 1.807) is 48.5 Å². The monoisotopic (exact) mass is 444 g/mol. The Kier molecular flexibility index (Phi) is 8.30. The molecule has 8 nitrogen and oxygen atoms in total. The molecule has 3 aromatic carbocycles. The molecular weight excluding hydrogens is 420 g/mol. The highest BCUT2D eigenvalue weighted by Crippen LogP contribution is 2.15. The Morgan fingerprint density at radius 2 is 1.64 bits per heavy atom. The first-order valence-electron chi connectivity index (χ1n) is 10.3. The summed E-state index contributed by atoms with van der Waals surface area (Å²) in [7, 11) is 0. The molecule has 0 aliphatic carbocycles. The van der Waals surface area contributed by atoms with Crippen molar-refractivity contribution in [3.8, 4) is 5.75 Å². The van der Waals surface area contributed by atoms with Gasteiger partial charge in [-0.25, -0.2) is 5.43 Å². The number of hydrazone groups is 1. The average Bonchev–Trinajstić information content (AvgIpc) is 2.84. The molecule has 0 aromatic heterocycles. The van der Waals surface area contributed by atoms with Crippen molar-refractivity contribution in [2.45, 2.75) is 13.3 Å². The molecule has 0 bridgehead atoms. The largest absolute Gasteiger partial charge is 0.484 e. The van der Waals surface area contributed by atoms with Crippen LogP contribution in [0.15, 0.2) is 84.0 Å². The minimum absolute atomic E-state index is 0.161. The Hall–Kier alpha value is -4.46. The Morgan fingerprint density at radius 1 is 0.879 bits per heavy atom. The molecule has 3 N–H and O–H groups in total. The third-order valence-electron chi connectivity index (χ3n) is 4.52. The number of aryl methyl sites for hydroxylation is 1. The molecule has 0 spiro atoms. The molecule has 0 fully saturated rings. The van der Waals surface area contributed by atoms with E-state index in [-0.39, 0.29) is 12.5 Å². The van der Waals surface area contributed by atoms with Crippen LogP contribution in [0.5, 0.6) is 5.75 Å². The lowest BCUT2D eigenvalue weighted by molar-refractivity contribution is -0.136. The summed E-state index contributed by atoms with van der Waals surface area (Å²) in [5.74, 6) is -1.53. The molecule has 0 atom stereocenters. The van der Waals surface area contributed by atoms with Crippen molar-refractivity contribution in [3.63, 3.8) is 0 Å². The molecule has 0 saturated heterocycles. The summed E-state index contributed by atoms with van der Waals surface area (Å²) < 4.78 is 5.51. The van der Waals surface area contributed by atoms with Crippen molar-refractivity contribution in [1.29, 1.82) is 0 Å². The van der Waals surface area contributed by atoms with Crippen molar-refractivity contribution in [1.82, 2.24) is 5.43 Å². The number of hydrogen-bond acceptors (Lipinski definition) is 5. The highest BCUT2D eigenvalue weighted by molar-refractivity contribution is 6.39. The van der Waals surface area contributed by atoms with Crippen LogP contribution in [0, 0.1) is 0 Å². The lowest BCUT2D eigenvalue weighted by Crippen LogP contribution is -2.32. The summed E-state index contributed by atoms with van der Waals surface area (Å²) in [6.45, 7) is 1.80. The molecule has 0 radical (unpaired) electrons. The van der Waals surface area contributed by atoms with Crippen LogP contribution in [0.4, 0.5) is 11.4 Å². The van der Waals surface area contributed by atoms with Crippen LogP contribution in [-0.4, -0.2) is 30.5 Å². The van der Waals surface area contributed by atoms with Crippen LogP contribution < -0.4 is 20.8 Å². The van der Waals surface area contributed by atoms with Crippen LogP contribution in [0.25, 0.3) is 0 Å². The minimum atomic E-state index is -0.887. The Bertz CT molecular complexity index is 1150. The van der Waals surface area contributed by atoms with Gasteiger partial charge in [0.05, 0.1) is 6.21 Å². The van der Waals surface area contributed by atoms with Gasteiger partial charge in [-0.05, 0) is 47.9 Å². The number of nitrogens with one attached hydrogen (secondary N) is 3. The number of hydrogen-bond donors (Lipinski definition) is 3. The smallest absolute Gasteiger partial charge is 0.329 e. The summed E-state index contributed by atoms with van der Waals surface area (Å²) >= 11 is 0. The van der Waals surface area contributed by atoms with E-state index in [0.717, 1.165) is 12.0 Å². The summed E-state index contributed by atoms with van der Waals surface area (Å²) in [5.41, 5.74) is 5.02. The second kappa shape index (κ2) is 11.8. The molecule has 0 aliphatic heterocycles. The highest BCUT2D eigenvalue weighted by atomic mass is 16.5. The predicted molar refractivity (Wildman–Crippen MR) is 127 cm³/mol. The second-order valence-corrected chi connectivity index (χ2v) is 6.94. The fraction of sp³-hybridized carbons (Fsp3) is 0.120. The average molecular weight is 444 g/mol. The molecule has 0 saturated carbocycles. The fourth-order valence-electron chi connectivity index (χ4n) is 2.90. The van der Waals surface area contributed by atoms with Gasteiger partial charge < -0.3 is 15.4 Å². The van der Waals surface area contributed by atoms with E-state index in [4.69, 9.17) is 4.74 Å². The van der Waals surface area contributed by atoms with Crippen LogP contribution in [0.2, 0.25) is 0 Å². The second-order valence-electron chi connectivity index (χ2n) is 6.94. The molecule has 0 unspecified atom stereocenters. The SMILES string of the molecule is CCc1ccccc1NC(=O)C(=O)N/N=C\c1cccc(OCC(=O)Nc2ccccc2)c1. The van der Waals surface area contributed by atoms with Gasteiger partial charge in [0.2, 0.25) is 0 Å². The molecule has 3 amide bonds. The molecule has 0 aliphatic rings. The van der Waals surface area contributed by atoms with E-state index >= 15 is 0 Å². The summed E-state index contributed by atoms with van der Waals surface area (Å²) in [4.78, 5) is 36.1. The van der Waals surface area contributed by atoms with Gasteiger partial charge in [-0.1, -0.05) is 55.5 Å². The molecule has 0 heterocycles. The summed E-state index contributed by atoms with van der Waals surface area (Å²) in [6, 6.07) is 23.2. The zero-order chi connectivity index (χ0) is 23.5. The van der Waals surface area contributed by atoms with Crippen molar-refractivity contribution in [2.24, 2.45) is 5.10 Å². The van der Waals surface area contributed by atoms with Crippen LogP contribution >= 0.6 is 0 Å². The maximum absolute atomic E-state index is 12.1. The van der Waals surface area contributed by atoms with Crippen LogP contribution in [-0.2, 0) is 20.8 Å². The number of rotatable bonds is 8. The van der Waals surface area contributed by atoms with E-state index in [0.29, 0.717) is 22.7 Å². The number of nitrogens with zero attached hydrogens (tertiary/aromatic N) is 1. The first-order chi connectivity index (χ1) is 16.0. The van der Waals surface area contributed by atoms with Gasteiger partial charge >= 0.3 is 11.8 Å². The van der Waals surface area contributed by atoms with Crippen molar-refractivity contribution in [2.75, 3.05) is 17.2 Å². The van der Waals surface area contributed by atoms with E-state index in [2.05, 4.69) is 21.2 Å². The fourth-order valence-corrected chi connectivity index (χ4v) is 2.90. The van der Waals surface area contributed by atoms with E-state index in [1.807, 2.05) is 37.3 Å². The number of para-hydroxylation sites is 2. The van der Waals surface area contributed by atoms with Gasteiger partial charge in [0.1, 0.15) is 5.75 Å². The van der Waals surface area contributed by atoms with Gasteiger partial charge in [-0.3, -0.25) is 14.4 Å². The Balaban J connectivity index is 1.49. The van der Waals surface area contributed by atoms with Crippen molar-refractivity contribution in [3.05, 3.63) is 90.0 Å². The lowest BCUT2D eigenvalue weighted by atomic mass is 10.1. The first-order valence-corrected chi connectivity index (χ1v) is 10.3. The molecular formula is C25H24N4O4. The third-order valence-corrected chi connectivity index (χ3v) is 4.52. The standard InChI is InChI=1S/C25H24N4O4/c1-2-19-10-6-7-14-22(19)28-24(31)25(32)29-26-16-18-9-8-13-21(15-18)33-17-23(30)27-20-11-4-3-5-12-20/h3-16H,2,17H2,1H3,(H,27,30)(H,28,31)(H,29,32)/b26-16-. The highest BCUT2D eigenvalue weighted by Gasteiger charge is 2.14.